The normalized spacial score (nSPS) is 23.8. The van der Waals surface area contributed by atoms with Crippen molar-refractivity contribution in [3.05, 3.63) is 0 Å². The molecule has 0 aromatic heterocycles. The molecule has 1 aliphatic rings. The summed E-state index contributed by atoms with van der Waals surface area (Å²) in [5, 5.41) is 0. The molecule has 1 saturated heterocycles. The Balaban J connectivity index is 2.15. The van der Waals surface area contributed by atoms with Crippen LogP contribution in [0.25, 0.3) is 0 Å². The van der Waals surface area contributed by atoms with Crippen molar-refractivity contribution in [2.45, 2.75) is 90.4 Å². The van der Waals surface area contributed by atoms with Gasteiger partial charge in [0.25, 0.3) is 0 Å². The second-order valence-electron chi connectivity index (χ2n) is 6.03. The maximum Gasteiger partial charge on any atom is -0.00189 e. The third kappa shape index (κ3) is 8.97. The van der Waals surface area contributed by atoms with Crippen molar-refractivity contribution in [2.24, 2.45) is 0 Å². The van der Waals surface area contributed by atoms with Gasteiger partial charge < -0.3 is 4.90 Å². The zero-order valence-corrected chi connectivity index (χ0v) is 12.8. The first-order valence-electron chi connectivity index (χ1n) is 8.66. The molecule has 0 atom stereocenters. The summed E-state index contributed by atoms with van der Waals surface area (Å²) in [7, 11) is 0. The first kappa shape index (κ1) is 16.0. The lowest BCUT2D eigenvalue weighted by molar-refractivity contribution is 0.273. The van der Waals surface area contributed by atoms with Crippen molar-refractivity contribution >= 4 is 0 Å². The van der Waals surface area contributed by atoms with Crippen LogP contribution in [0.4, 0.5) is 0 Å². The van der Waals surface area contributed by atoms with E-state index in [2.05, 4.69) is 11.8 Å². The second-order valence-corrected chi connectivity index (χ2v) is 6.03. The number of nitrogens with zero attached hydrogens (tertiary/aromatic N) is 1. The lowest BCUT2D eigenvalue weighted by Crippen LogP contribution is -2.25. The molecule has 0 aliphatic carbocycles. The summed E-state index contributed by atoms with van der Waals surface area (Å²) < 4.78 is 0. The van der Waals surface area contributed by atoms with Crippen molar-refractivity contribution < 1.29 is 0 Å². The molecule has 0 aromatic rings. The minimum absolute atomic E-state index is 1.25. The molecule has 1 nitrogen and oxygen atoms in total. The SMILES string of the molecule is CCN1CCCCCCCCCCCCCCC1. The molecule has 1 heterocycles. The van der Waals surface area contributed by atoms with Crippen molar-refractivity contribution in [1.82, 2.24) is 4.90 Å². The second kappa shape index (κ2) is 12.0. The molecule has 0 bridgehead atoms. The van der Waals surface area contributed by atoms with Crippen LogP contribution in [0.5, 0.6) is 0 Å². The Bertz CT molecular complexity index is 151. The summed E-state index contributed by atoms with van der Waals surface area (Å²) >= 11 is 0. The van der Waals surface area contributed by atoms with Gasteiger partial charge in [-0.2, -0.15) is 0 Å². The molecule has 0 saturated carbocycles. The summed E-state index contributed by atoms with van der Waals surface area (Å²) in [5.41, 5.74) is 0. The Morgan fingerprint density at radius 2 is 0.778 bits per heavy atom. The van der Waals surface area contributed by atoms with E-state index in [4.69, 9.17) is 0 Å². The molecule has 0 amide bonds. The largest absolute Gasteiger partial charge is 0.304 e. The Hall–Kier alpha value is -0.0400. The molecule has 1 rings (SSSR count). The number of hydrogen-bond donors (Lipinski definition) is 0. The van der Waals surface area contributed by atoms with Crippen molar-refractivity contribution in [3.63, 3.8) is 0 Å². The molecule has 0 unspecified atom stereocenters. The molecule has 0 aromatic carbocycles. The maximum atomic E-state index is 2.66. The van der Waals surface area contributed by atoms with Gasteiger partial charge in [-0.3, -0.25) is 0 Å². The molecule has 108 valence electrons. The lowest BCUT2D eigenvalue weighted by Gasteiger charge is -2.20. The predicted molar refractivity (Wildman–Crippen MR) is 82.1 cm³/mol. The first-order chi connectivity index (χ1) is 8.93. The Labute approximate surface area is 115 Å². The van der Waals surface area contributed by atoms with Crippen LogP contribution in [0.15, 0.2) is 0 Å². The van der Waals surface area contributed by atoms with Gasteiger partial charge in [0.05, 0.1) is 0 Å². The zero-order chi connectivity index (χ0) is 12.9. The molecule has 1 heteroatoms. The predicted octanol–water partition coefficient (Wildman–Crippen LogP) is 5.39. The van der Waals surface area contributed by atoms with Gasteiger partial charge >= 0.3 is 0 Å². The van der Waals surface area contributed by atoms with Gasteiger partial charge in [-0.05, 0) is 32.5 Å². The average Bonchev–Trinajstić information content (AvgIpc) is 2.39. The fraction of sp³-hybridized carbons (Fsp3) is 1.00. The van der Waals surface area contributed by atoms with Crippen LogP contribution in [0.3, 0.4) is 0 Å². The highest BCUT2D eigenvalue weighted by atomic mass is 15.1. The van der Waals surface area contributed by atoms with Crippen LogP contribution >= 0.6 is 0 Å². The van der Waals surface area contributed by atoms with Crippen molar-refractivity contribution in [1.29, 1.82) is 0 Å². The molecular formula is C17H35N. The minimum atomic E-state index is 1.25. The Morgan fingerprint density at radius 1 is 0.500 bits per heavy atom. The van der Waals surface area contributed by atoms with E-state index >= 15 is 0 Å². The Morgan fingerprint density at radius 3 is 1.06 bits per heavy atom. The molecule has 1 fully saturated rings. The fourth-order valence-corrected chi connectivity index (χ4v) is 3.04. The van der Waals surface area contributed by atoms with Crippen LogP contribution in [-0.4, -0.2) is 24.5 Å². The van der Waals surface area contributed by atoms with E-state index in [0.717, 1.165) is 0 Å². The van der Waals surface area contributed by atoms with Crippen LogP contribution in [0, 0.1) is 0 Å². The van der Waals surface area contributed by atoms with Gasteiger partial charge in [0.1, 0.15) is 0 Å². The van der Waals surface area contributed by atoms with Gasteiger partial charge in [-0.25, -0.2) is 0 Å². The zero-order valence-electron chi connectivity index (χ0n) is 12.8. The third-order valence-corrected chi connectivity index (χ3v) is 4.40. The topological polar surface area (TPSA) is 3.24 Å². The van der Waals surface area contributed by atoms with E-state index in [1.165, 1.54) is 103 Å². The van der Waals surface area contributed by atoms with E-state index < -0.39 is 0 Å². The van der Waals surface area contributed by atoms with Gasteiger partial charge in [0.2, 0.25) is 0 Å². The van der Waals surface area contributed by atoms with Gasteiger partial charge in [0.15, 0.2) is 0 Å². The quantitative estimate of drug-likeness (QED) is 0.605. The van der Waals surface area contributed by atoms with Crippen molar-refractivity contribution in [3.8, 4) is 0 Å². The van der Waals surface area contributed by atoms with Gasteiger partial charge in [0, 0.05) is 0 Å². The summed E-state index contributed by atoms with van der Waals surface area (Å²) in [6.07, 6.45) is 19.1. The van der Waals surface area contributed by atoms with E-state index in [1.807, 2.05) is 0 Å². The van der Waals surface area contributed by atoms with Gasteiger partial charge in [-0.15, -0.1) is 0 Å². The summed E-state index contributed by atoms with van der Waals surface area (Å²) in [4.78, 5) is 2.66. The van der Waals surface area contributed by atoms with Crippen LogP contribution < -0.4 is 0 Å². The molecule has 1 aliphatic heterocycles. The highest BCUT2D eigenvalue weighted by Crippen LogP contribution is 2.13. The highest BCUT2D eigenvalue weighted by molar-refractivity contribution is 4.58. The minimum Gasteiger partial charge on any atom is -0.304 e. The van der Waals surface area contributed by atoms with E-state index in [-0.39, 0.29) is 0 Å². The smallest absolute Gasteiger partial charge is 0.00189 e. The standard InChI is InChI=1S/C17H35N/c1-2-18-16-14-12-10-8-6-4-3-5-7-9-11-13-15-17-18/h2-17H2,1H3. The fourth-order valence-electron chi connectivity index (χ4n) is 3.04. The van der Waals surface area contributed by atoms with E-state index in [9.17, 15) is 0 Å². The van der Waals surface area contributed by atoms with Crippen LogP contribution in [0.1, 0.15) is 90.4 Å². The van der Waals surface area contributed by atoms with Gasteiger partial charge in [-0.1, -0.05) is 77.6 Å². The summed E-state index contributed by atoms with van der Waals surface area (Å²) in [5.74, 6) is 0. The first-order valence-corrected chi connectivity index (χ1v) is 8.66. The lowest BCUT2D eigenvalue weighted by atomic mass is 10.0. The highest BCUT2D eigenvalue weighted by Gasteiger charge is 2.02. The third-order valence-electron chi connectivity index (χ3n) is 4.40. The van der Waals surface area contributed by atoms with E-state index in [0.29, 0.717) is 0 Å². The maximum absolute atomic E-state index is 2.66. The molecule has 0 spiro atoms. The molecule has 0 radical (unpaired) electrons. The molecular weight excluding hydrogens is 218 g/mol. The van der Waals surface area contributed by atoms with Crippen molar-refractivity contribution in [2.75, 3.05) is 19.6 Å². The van der Waals surface area contributed by atoms with Crippen LogP contribution in [-0.2, 0) is 0 Å². The molecule has 0 N–H and O–H groups in total. The molecule has 18 heavy (non-hydrogen) atoms. The number of rotatable bonds is 1. The Kier molecular flexibility index (Phi) is 10.7. The monoisotopic (exact) mass is 253 g/mol. The number of hydrogen-bond acceptors (Lipinski definition) is 1. The van der Waals surface area contributed by atoms with Crippen LogP contribution in [0.2, 0.25) is 0 Å². The van der Waals surface area contributed by atoms with E-state index in [1.54, 1.807) is 0 Å². The summed E-state index contributed by atoms with van der Waals surface area (Å²) in [6, 6.07) is 0. The summed E-state index contributed by atoms with van der Waals surface area (Å²) in [6.45, 7) is 6.26. The average molecular weight is 253 g/mol.